The standard InChI is InChI=1S/C15H16ClN3S/c1-2-17-13-9-14(19-15(18-13)10-7-8-10)20-12-6-4-3-5-11(12)16/h3-6,9-10H,2,7-8H2,1H3,(H,17,18,19). The third-order valence-electron chi connectivity index (χ3n) is 3.07. The number of hydrogen-bond acceptors (Lipinski definition) is 4. The van der Waals surface area contributed by atoms with Crippen molar-refractivity contribution in [2.45, 2.75) is 35.6 Å². The van der Waals surface area contributed by atoms with Gasteiger partial charge < -0.3 is 5.32 Å². The first-order valence-electron chi connectivity index (χ1n) is 6.81. The maximum Gasteiger partial charge on any atom is 0.135 e. The first-order valence-corrected chi connectivity index (χ1v) is 8.01. The molecule has 1 heterocycles. The van der Waals surface area contributed by atoms with E-state index in [2.05, 4.69) is 22.2 Å². The van der Waals surface area contributed by atoms with E-state index < -0.39 is 0 Å². The molecular weight excluding hydrogens is 290 g/mol. The Balaban J connectivity index is 1.89. The molecule has 5 heteroatoms. The number of anilines is 1. The van der Waals surface area contributed by atoms with Crippen molar-refractivity contribution in [2.75, 3.05) is 11.9 Å². The van der Waals surface area contributed by atoms with E-state index in [1.54, 1.807) is 11.8 Å². The summed E-state index contributed by atoms with van der Waals surface area (Å²) in [6.45, 7) is 2.93. The SMILES string of the molecule is CCNc1cc(Sc2ccccc2Cl)nc(C2CC2)n1. The van der Waals surface area contributed by atoms with Crippen LogP contribution in [-0.2, 0) is 0 Å². The number of aromatic nitrogens is 2. The van der Waals surface area contributed by atoms with Gasteiger partial charge in [0, 0.05) is 23.4 Å². The second kappa shape index (κ2) is 6.02. The third-order valence-corrected chi connectivity index (χ3v) is 4.51. The molecule has 3 rings (SSSR count). The van der Waals surface area contributed by atoms with Crippen LogP contribution in [0.4, 0.5) is 5.82 Å². The van der Waals surface area contributed by atoms with Crippen molar-refractivity contribution < 1.29 is 0 Å². The summed E-state index contributed by atoms with van der Waals surface area (Å²) in [6.07, 6.45) is 2.40. The average molecular weight is 306 g/mol. The topological polar surface area (TPSA) is 37.8 Å². The molecular formula is C15H16ClN3S. The van der Waals surface area contributed by atoms with Crippen molar-refractivity contribution in [1.82, 2.24) is 9.97 Å². The Morgan fingerprint density at radius 2 is 2.10 bits per heavy atom. The van der Waals surface area contributed by atoms with Crippen LogP contribution in [0.15, 0.2) is 40.3 Å². The van der Waals surface area contributed by atoms with Crippen molar-refractivity contribution >= 4 is 29.2 Å². The highest BCUT2D eigenvalue weighted by atomic mass is 35.5. The molecule has 104 valence electrons. The van der Waals surface area contributed by atoms with E-state index >= 15 is 0 Å². The molecule has 0 spiro atoms. The fourth-order valence-corrected chi connectivity index (χ4v) is 3.03. The molecule has 1 N–H and O–H groups in total. The summed E-state index contributed by atoms with van der Waals surface area (Å²) in [6, 6.07) is 9.83. The molecule has 0 saturated heterocycles. The van der Waals surface area contributed by atoms with Gasteiger partial charge in [0.1, 0.15) is 16.7 Å². The summed E-state index contributed by atoms with van der Waals surface area (Å²) in [5, 5.41) is 4.98. The molecule has 0 bridgehead atoms. The maximum absolute atomic E-state index is 6.21. The van der Waals surface area contributed by atoms with E-state index in [1.165, 1.54) is 12.8 Å². The number of nitrogens with zero attached hydrogens (tertiary/aromatic N) is 2. The monoisotopic (exact) mass is 305 g/mol. The van der Waals surface area contributed by atoms with Crippen molar-refractivity contribution in [2.24, 2.45) is 0 Å². The highest BCUT2D eigenvalue weighted by molar-refractivity contribution is 7.99. The molecule has 1 fully saturated rings. The first-order chi connectivity index (χ1) is 9.76. The van der Waals surface area contributed by atoms with Gasteiger partial charge >= 0.3 is 0 Å². The molecule has 0 amide bonds. The van der Waals surface area contributed by atoms with Gasteiger partial charge in [0.25, 0.3) is 0 Å². The van der Waals surface area contributed by atoms with Crippen LogP contribution in [0.5, 0.6) is 0 Å². The van der Waals surface area contributed by atoms with Gasteiger partial charge in [-0.3, -0.25) is 0 Å². The quantitative estimate of drug-likeness (QED) is 0.820. The minimum atomic E-state index is 0.541. The van der Waals surface area contributed by atoms with Crippen LogP contribution in [0.3, 0.4) is 0 Å². The molecule has 1 aromatic carbocycles. The van der Waals surface area contributed by atoms with E-state index in [9.17, 15) is 0 Å². The van der Waals surface area contributed by atoms with Crippen LogP contribution in [0.2, 0.25) is 5.02 Å². The fourth-order valence-electron chi connectivity index (χ4n) is 1.93. The molecule has 0 radical (unpaired) electrons. The summed E-state index contributed by atoms with van der Waals surface area (Å²) in [4.78, 5) is 10.3. The van der Waals surface area contributed by atoms with Gasteiger partial charge in [0.2, 0.25) is 0 Å². The Hall–Kier alpha value is -1.26. The first kappa shape index (κ1) is 13.7. The van der Waals surface area contributed by atoms with Crippen LogP contribution < -0.4 is 5.32 Å². The molecule has 1 aliphatic carbocycles. The Morgan fingerprint density at radius 3 is 2.80 bits per heavy atom. The summed E-state index contributed by atoms with van der Waals surface area (Å²) in [7, 11) is 0. The van der Waals surface area contributed by atoms with Crippen molar-refractivity contribution in [3.8, 4) is 0 Å². The highest BCUT2D eigenvalue weighted by Crippen LogP contribution is 2.40. The van der Waals surface area contributed by atoms with Crippen LogP contribution in [0, 0.1) is 0 Å². The average Bonchev–Trinajstić information content (AvgIpc) is 3.26. The third kappa shape index (κ3) is 3.25. The molecule has 20 heavy (non-hydrogen) atoms. The number of rotatable bonds is 5. The number of benzene rings is 1. The Labute approximate surface area is 128 Å². The van der Waals surface area contributed by atoms with Crippen molar-refractivity contribution in [3.05, 3.63) is 41.2 Å². The molecule has 0 atom stereocenters. The number of halogens is 1. The second-order valence-electron chi connectivity index (χ2n) is 4.79. The smallest absolute Gasteiger partial charge is 0.135 e. The van der Waals surface area contributed by atoms with E-state index in [0.717, 1.165) is 33.1 Å². The normalized spacial score (nSPS) is 14.3. The van der Waals surface area contributed by atoms with Crippen LogP contribution >= 0.6 is 23.4 Å². The maximum atomic E-state index is 6.21. The largest absolute Gasteiger partial charge is 0.370 e. The summed E-state index contributed by atoms with van der Waals surface area (Å²) < 4.78 is 0. The minimum absolute atomic E-state index is 0.541. The zero-order valence-corrected chi connectivity index (χ0v) is 12.8. The second-order valence-corrected chi connectivity index (χ2v) is 6.26. The summed E-state index contributed by atoms with van der Waals surface area (Å²) in [5.74, 6) is 2.40. The van der Waals surface area contributed by atoms with E-state index in [-0.39, 0.29) is 0 Å². The lowest BCUT2D eigenvalue weighted by molar-refractivity contribution is 0.877. The molecule has 1 aliphatic rings. The lowest BCUT2D eigenvalue weighted by Crippen LogP contribution is -2.03. The van der Waals surface area contributed by atoms with Gasteiger partial charge in [-0.25, -0.2) is 9.97 Å². The number of nitrogens with one attached hydrogen (secondary N) is 1. The predicted octanol–water partition coefficient (Wildman–Crippen LogP) is 4.59. The lowest BCUT2D eigenvalue weighted by Gasteiger charge is -2.09. The van der Waals surface area contributed by atoms with Gasteiger partial charge in [-0.2, -0.15) is 0 Å². The predicted molar refractivity (Wildman–Crippen MR) is 83.7 cm³/mol. The van der Waals surface area contributed by atoms with Crippen LogP contribution in [-0.4, -0.2) is 16.5 Å². The van der Waals surface area contributed by atoms with Gasteiger partial charge in [-0.1, -0.05) is 35.5 Å². The van der Waals surface area contributed by atoms with Crippen molar-refractivity contribution in [3.63, 3.8) is 0 Å². The Kier molecular flexibility index (Phi) is 4.13. The van der Waals surface area contributed by atoms with E-state index in [0.29, 0.717) is 5.92 Å². The van der Waals surface area contributed by atoms with E-state index in [4.69, 9.17) is 11.6 Å². The molecule has 0 aliphatic heterocycles. The Morgan fingerprint density at radius 1 is 1.30 bits per heavy atom. The fraction of sp³-hybridized carbons (Fsp3) is 0.333. The van der Waals surface area contributed by atoms with Gasteiger partial charge in [-0.15, -0.1) is 0 Å². The lowest BCUT2D eigenvalue weighted by atomic mass is 10.4. The zero-order valence-electron chi connectivity index (χ0n) is 11.3. The molecule has 2 aromatic rings. The molecule has 1 saturated carbocycles. The van der Waals surface area contributed by atoms with Gasteiger partial charge in [-0.05, 0) is 31.9 Å². The van der Waals surface area contributed by atoms with Crippen LogP contribution in [0.1, 0.15) is 31.5 Å². The minimum Gasteiger partial charge on any atom is -0.370 e. The van der Waals surface area contributed by atoms with E-state index in [1.807, 2.05) is 30.3 Å². The molecule has 1 aromatic heterocycles. The summed E-state index contributed by atoms with van der Waals surface area (Å²) in [5.41, 5.74) is 0. The number of hydrogen-bond donors (Lipinski definition) is 1. The van der Waals surface area contributed by atoms with Crippen molar-refractivity contribution in [1.29, 1.82) is 0 Å². The molecule has 0 unspecified atom stereocenters. The Bertz CT molecular complexity index is 614. The molecule has 3 nitrogen and oxygen atoms in total. The highest BCUT2D eigenvalue weighted by Gasteiger charge is 2.27. The zero-order chi connectivity index (χ0) is 13.9. The summed E-state index contributed by atoms with van der Waals surface area (Å²) >= 11 is 7.80. The van der Waals surface area contributed by atoms with Crippen LogP contribution in [0.25, 0.3) is 0 Å². The van der Waals surface area contributed by atoms with Gasteiger partial charge in [0.15, 0.2) is 0 Å². The van der Waals surface area contributed by atoms with Gasteiger partial charge in [0.05, 0.1) is 5.02 Å².